The van der Waals surface area contributed by atoms with Gasteiger partial charge in [0, 0.05) is 49.0 Å². The summed E-state index contributed by atoms with van der Waals surface area (Å²) >= 11 is 0. The summed E-state index contributed by atoms with van der Waals surface area (Å²) in [6.07, 6.45) is -0.883. The molecular weight excluding hydrogens is 753 g/mol. The Morgan fingerprint density at radius 2 is 1.53 bits per heavy atom. The third-order valence-electron chi connectivity index (χ3n) is 8.32. The van der Waals surface area contributed by atoms with E-state index in [4.69, 9.17) is 15.0 Å². The van der Waals surface area contributed by atoms with E-state index in [1.165, 1.54) is 24.3 Å². The van der Waals surface area contributed by atoms with Crippen LogP contribution < -0.4 is 25.6 Å². The average molecular weight is 800 g/mol. The summed E-state index contributed by atoms with van der Waals surface area (Å²) in [7, 11) is 3.89. The molecule has 17 heteroatoms. The molecule has 1 unspecified atom stereocenters. The topological polar surface area (TPSA) is 203 Å². The first-order valence-electron chi connectivity index (χ1n) is 18.4. The summed E-state index contributed by atoms with van der Waals surface area (Å²) < 4.78 is 40.8. The number of alkyl carbamates (subject to hydrolysis) is 1. The van der Waals surface area contributed by atoms with Gasteiger partial charge in [0.25, 0.3) is 5.91 Å². The van der Waals surface area contributed by atoms with Crippen LogP contribution in [0.1, 0.15) is 67.7 Å². The SMILES string of the molecule is CN(C)c1ccc(/N=N/c2ccc(C(O)NCc3cc(F)c(OCC(=O)[C@H](CCCCNC(=O)OC(C)(C)C)NC(=O)c4cccc(N=[N+]=[N-])c4)c(F)c3)cc2)cc1. The largest absolute Gasteiger partial charge is 0.480 e. The van der Waals surface area contributed by atoms with Crippen molar-refractivity contribution in [2.75, 3.05) is 32.1 Å². The normalized spacial score (nSPS) is 12.3. The van der Waals surface area contributed by atoms with E-state index in [0.717, 1.165) is 17.8 Å². The number of halogens is 2. The lowest BCUT2D eigenvalue weighted by Crippen LogP contribution is -2.43. The number of hydrogen-bond acceptors (Lipinski definition) is 11. The molecule has 0 heterocycles. The number of nitrogens with one attached hydrogen (secondary N) is 3. The second-order valence-electron chi connectivity index (χ2n) is 14.3. The van der Waals surface area contributed by atoms with Crippen molar-refractivity contribution in [3.63, 3.8) is 0 Å². The number of carbonyl (C=O) groups excluding carboxylic acids is 3. The molecule has 4 aromatic carbocycles. The lowest BCUT2D eigenvalue weighted by molar-refractivity contribution is -0.123. The van der Waals surface area contributed by atoms with Crippen molar-refractivity contribution >= 4 is 40.5 Å². The van der Waals surface area contributed by atoms with Gasteiger partial charge in [0.1, 0.15) is 18.4 Å². The number of aliphatic hydroxyl groups is 1. The van der Waals surface area contributed by atoms with Gasteiger partial charge in [-0.25, -0.2) is 13.6 Å². The minimum Gasteiger partial charge on any atom is -0.480 e. The van der Waals surface area contributed by atoms with E-state index in [0.29, 0.717) is 29.8 Å². The maximum atomic E-state index is 15.2. The zero-order chi connectivity index (χ0) is 42.2. The highest BCUT2D eigenvalue weighted by Gasteiger charge is 2.24. The average Bonchev–Trinajstić information content (AvgIpc) is 3.18. The van der Waals surface area contributed by atoms with E-state index < -0.39 is 59.6 Å². The lowest BCUT2D eigenvalue weighted by atomic mass is 10.0. The summed E-state index contributed by atoms with van der Waals surface area (Å²) in [4.78, 5) is 43.1. The van der Waals surface area contributed by atoms with Gasteiger partial charge in [0.15, 0.2) is 23.2 Å². The molecule has 4 N–H and O–H groups in total. The Morgan fingerprint density at radius 3 is 2.14 bits per heavy atom. The van der Waals surface area contributed by atoms with E-state index >= 15 is 8.78 Å². The molecule has 0 radical (unpaired) electrons. The predicted molar refractivity (Wildman–Crippen MR) is 215 cm³/mol. The smallest absolute Gasteiger partial charge is 0.407 e. The van der Waals surface area contributed by atoms with E-state index in [9.17, 15) is 19.5 Å². The van der Waals surface area contributed by atoms with Gasteiger partial charge in [0.2, 0.25) is 0 Å². The number of ether oxygens (including phenoxy) is 2. The first-order valence-corrected chi connectivity index (χ1v) is 18.4. The first-order chi connectivity index (χ1) is 27.6. The Bertz CT molecular complexity index is 2080. The van der Waals surface area contributed by atoms with Crippen molar-refractivity contribution in [3.05, 3.63) is 124 Å². The maximum absolute atomic E-state index is 15.2. The van der Waals surface area contributed by atoms with Gasteiger partial charge < -0.3 is 30.1 Å². The molecule has 4 aromatic rings. The van der Waals surface area contributed by atoms with Crippen molar-refractivity contribution in [1.29, 1.82) is 0 Å². The lowest BCUT2D eigenvalue weighted by Gasteiger charge is -2.20. The first kappa shape index (κ1) is 44.3. The van der Waals surface area contributed by atoms with E-state index in [1.54, 1.807) is 45.0 Å². The zero-order valence-corrected chi connectivity index (χ0v) is 32.9. The fraction of sp³-hybridized carbons (Fsp3) is 0.341. The number of aliphatic hydroxyl groups excluding tert-OH is 1. The molecule has 0 fully saturated rings. The molecule has 0 aliphatic rings. The number of Topliss-reactive ketones (excluding diaryl/α,β-unsaturated/α-hetero) is 1. The molecular formula is C41H47F2N9O6. The summed E-state index contributed by atoms with van der Waals surface area (Å²) in [6, 6.07) is 20.9. The molecule has 0 aliphatic heterocycles. The highest BCUT2D eigenvalue weighted by atomic mass is 19.1. The summed E-state index contributed by atoms with van der Waals surface area (Å²) in [5, 5.41) is 30.7. The number of hydrogen-bond donors (Lipinski definition) is 4. The van der Waals surface area contributed by atoms with Gasteiger partial charge in [-0.2, -0.15) is 10.2 Å². The molecule has 0 spiro atoms. The third-order valence-corrected chi connectivity index (χ3v) is 8.32. The molecule has 2 amide bonds. The second kappa shape index (κ2) is 21.2. The number of benzene rings is 4. The molecule has 58 heavy (non-hydrogen) atoms. The Morgan fingerprint density at radius 1 is 0.897 bits per heavy atom. The maximum Gasteiger partial charge on any atom is 0.407 e. The molecule has 0 aromatic heterocycles. The van der Waals surface area contributed by atoms with Crippen LogP contribution in [0.25, 0.3) is 10.4 Å². The molecule has 0 saturated heterocycles. The monoisotopic (exact) mass is 799 g/mol. The van der Waals surface area contributed by atoms with Gasteiger partial charge in [-0.05, 0) is 117 Å². The molecule has 306 valence electrons. The molecule has 0 bridgehead atoms. The van der Waals surface area contributed by atoms with Crippen LogP contribution in [0.3, 0.4) is 0 Å². The van der Waals surface area contributed by atoms with E-state index in [1.807, 2.05) is 43.3 Å². The van der Waals surface area contributed by atoms with Crippen LogP contribution in [0.15, 0.2) is 100 Å². The fourth-order valence-electron chi connectivity index (χ4n) is 5.38. The van der Waals surface area contributed by atoms with Crippen LogP contribution in [-0.2, 0) is 16.1 Å². The summed E-state index contributed by atoms with van der Waals surface area (Å²) in [5.41, 5.74) is 11.3. The van der Waals surface area contributed by atoms with E-state index in [-0.39, 0.29) is 36.3 Å². The highest BCUT2D eigenvalue weighted by molar-refractivity contribution is 5.98. The van der Waals surface area contributed by atoms with Gasteiger partial charge >= 0.3 is 6.09 Å². The fourth-order valence-corrected chi connectivity index (χ4v) is 5.38. The van der Waals surface area contributed by atoms with Crippen molar-refractivity contribution < 1.29 is 37.7 Å². The Hall–Kier alpha value is -6.42. The Balaban J connectivity index is 1.33. The van der Waals surface area contributed by atoms with Crippen LogP contribution in [0.4, 0.5) is 36.3 Å². The van der Waals surface area contributed by atoms with Crippen LogP contribution in [0.2, 0.25) is 0 Å². The molecule has 0 saturated carbocycles. The quantitative estimate of drug-likeness (QED) is 0.0237. The van der Waals surface area contributed by atoms with Crippen molar-refractivity contribution in [2.45, 2.75) is 64.4 Å². The van der Waals surface area contributed by atoms with Gasteiger partial charge in [-0.3, -0.25) is 14.9 Å². The van der Waals surface area contributed by atoms with Gasteiger partial charge in [-0.1, -0.05) is 29.4 Å². The van der Waals surface area contributed by atoms with Crippen LogP contribution in [-0.4, -0.2) is 61.8 Å². The zero-order valence-electron chi connectivity index (χ0n) is 32.9. The van der Waals surface area contributed by atoms with E-state index in [2.05, 4.69) is 36.2 Å². The molecule has 2 atom stereocenters. The number of amides is 2. The molecule has 15 nitrogen and oxygen atoms in total. The number of anilines is 1. The van der Waals surface area contributed by atoms with Crippen LogP contribution >= 0.6 is 0 Å². The summed E-state index contributed by atoms with van der Waals surface area (Å²) in [5.74, 6) is -4.26. The number of unbranched alkanes of at least 4 members (excludes halogenated alkanes) is 1. The van der Waals surface area contributed by atoms with Gasteiger partial charge in [0.05, 0.1) is 17.4 Å². The number of rotatable bonds is 19. The number of carbonyl (C=O) groups is 3. The predicted octanol–water partition coefficient (Wildman–Crippen LogP) is 8.61. The number of azide groups is 1. The van der Waals surface area contributed by atoms with Crippen molar-refractivity contribution in [3.8, 4) is 5.75 Å². The minimum absolute atomic E-state index is 0.108. The Labute approximate surface area is 335 Å². The number of ketones is 1. The third kappa shape index (κ3) is 14.3. The highest BCUT2D eigenvalue weighted by Crippen LogP contribution is 2.26. The molecule has 4 rings (SSSR count). The van der Waals surface area contributed by atoms with Crippen LogP contribution in [0, 0.1) is 11.6 Å². The van der Waals surface area contributed by atoms with Crippen molar-refractivity contribution in [2.24, 2.45) is 15.3 Å². The van der Waals surface area contributed by atoms with Crippen LogP contribution in [0.5, 0.6) is 5.75 Å². The summed E-state index contributed by atoms with van der Waals surface area (Å²) in [6.45, 7) is 4.54. The van der Waals surface area contributed by atoms with Crippen molar-refractivity contribution in [1.82, 2.24) is 16.0 Å². The van der Waals surface area contributed by atoms with Gasteiger partial charge in [-0.15, -0.1) is 0 Å². The molecule has 0 aliphatic carbocycles. The minimum atomic E-state index is -1.17. The number of azo groups is 1. The number of nitrogens with zero attached hydrogens (tertiary/aromatic N) is 6. The standard InChI is InChI=1S/C41H47F2N9O6/c1-41(2,3)58-40(56)45-20-7-6-11-35(47-39(55)28-9-8-10-31(23-28)50-51-44)36(53)25-57-37-33(42)21-26(22-34(37)43)24-46-38(54)27-12-14-29(15-13-27)48-49-30-16-18-32(19-17-30)52(4)5/h8-10,12-19,21-23,35,38,46,54H,6-7,11,20,24-25H2,1-5H3,(H,45,56)(H,47,55)/b49-48+/t35-,38?/m0/s1. The Kier molecular flexibility index (Phi) is 16.2. The second-order valence-corrected chi connectivity index (χ2v) is 14.3.